The molecule has 2 saturated heterocycles. The zero-order valence-electron chi connectivity index (χ0n) is 18.9. The van der Waals surface area contributed by atoms with Crippen LogP contribution in [0, 0.1) is 0 Å². The molecule has 174 valence electrons. The van der Waals surface area contributed by atoms with Crippen LogP contribution in [0.1, 0.15) is 36.9 Å². The number of ether oxygens (including phenoxy) is 1. The van der Waals surface area contributed by atoms with E-state index in [4.69, 9.17) is 14.8 Å². The first kappa shape index (κ1) is 23.2. The van der Waals surface area contributed by atoms with Gasteiger partial charge in [0.15, 0.2) is 5.65 Å². The predicted molar refractivity (Wildman–Crippen MR) is 132 cm³/mol. The Labute approximate surface area is 197 Å². The molecule has 2 aromatic rings. The molecule has 2 aromatic heterocycles. The quantitative estimate of drug-likeness (QED) is 0.375. The number of rotatable bonds is 8. The van der Waals surface area contributed by atoms with Crippen molar-refractivity contribution < 1.29 is 4.74 Å². The fourth-order valence-electron chi connectivity index (χ4n) is 4.29. The van der Waals surface area contributed by atoms with Crippen LogP contribution in [0.4, 0.5) is 5.82 Å². The van der Waals surface area contributed by atoms with E-state index in [1.165, 1.54) is 0 Å². The number of hydrazone groups is 1. The van der Waals surface area contributed by atoms with Crippen molar-refractivity contribution in [1.82, 2.24) is 30.2 Å². The molecule has 4 rings (SSSR count). The summed E-state index contributed by atoms with van der Waals surface area (Å²) < 4.78 is 8.38. The van der Waals surface area contributed by atoms with E-state index in [-0.39, 0.29) is 0 Å². The van der Waals surface area contributed by atoms with Crippen molar-refractivity contribution in [3.05, 3.63) is 28.0 Å². The van der Waals surface area contributed by atoms with E-state index >= 15 is 0 Å². The first-order chi connectivity index (χ1) is 15.7. The SMILES string of the molecule is C/C=C(\C=N/NC)c1cnn2c(NCCN3CCOCC3)c(Br)c(C3CCCNC3)nc12. The Morgan fingerprint density at radius 3 is 2.97 bits per heavy atom. The molecule has 0 radical (unpaired) electrons. The third-order valence-corrected chi connectivity index (χ3v) is 6.86. The molecular weight excluding hydrogens is 472 g/mol. The van der Waals surface area contributed by atoms with Crippen molar-refractivity contribution in [2.24, 2.45) is 5.10 Å². The first-order valence-electron chi connectivity index (χ1n) is 11.4. The monoisotopic (exact) mass is 504 g/mol. The van der Waals surface area contributed by atoms with Crippen LogP contribution in [0.15, 0.2) is 21.8 Å². The van der Waals surface area contributed by atoms with E-state index < -0.39 is 0 Å². The number of nitrogens with zero attached hydrogens (tertiary/aromatic N) is 5. The summed E-state index contributed by atoms with van der Waals surface area (Å²) in [4.78, 5) is 7.54. The van der Waals surface area contributed by atoms with Crippen LogP contribution >= 0.6 is 15.9 Å². The van der Waals surface area contributed by atoms with E-state index in [9.17, 15) is 0 Å². The van der Waals surface area contributed by atoms with Crippen LogP contribution in [0.3, 0.4) is 0 Å². The van der Waals surface area contributed by atoms with E-state index in [0.29, 0.717) is 5.92 Å². The molecule has 0 aromatic carbocycles. The first-order valence-corrected chi connectivity index (χ1v) is 12.2. The third-order valence-electron chi connectivity index (χ3n) is 6.08. The Kier molecular flexibility index (Phi) is 8.12. The van der Waals surface area contributed by atoms with Crippen molar-refractivity contribution in [2.75, 3.05) is 64.8 Å². The second kappa shape index (κ2) is 11.2. The maximum atomic E-state index is 5.47. The van der Waals surface area contributed by atoms with Crippen LogP contribution in [0.25, 0.3) is 11.2 Å². The number of aromatic nitrogens is 3. The van der Waals surface area contributed by atoms with Gasteiger partial charge in [-0.15, -0.1) is 0 Å². The zero-order chi connectivity index (χ0) is 22.3. The van der Waals surface area contributed by atoms with Gasteiger partial charge in [-0.05, 0) is 42.2 Å². The molecule has 1 atom stereocenters. The normalized spacial score (nSPS) is 20.8. The molecule has 4 heterocycles. The molecule has 9 nitrogen and oxygen atoms in total. The standard InChI is InChI=1S/C22H33BrN8O/c1-3-16(14-27-24-2)18-15-28-31-21(18)29-20(17-5-4-6-25-13-17)19(23)22(31)26-7-8-30-9-11-32-12-10-30/h3,14-15,17,24-26H,4-13H2,1-2H3/b16-3+,27-14-. The minimum absolute atomic E-state index is 0.366. The highest BCUT2D eigenvalue weighted by Crippen LogP contribution is 2.35. The van der Waals surface area contributed by atoms with Crippen LogP contribution in [0.2, 0.25) is 0 Å². The van der Waals surface area contributed by atoms with E-state index in [1.54, 1.807) is 7.05 Å². The van der Waals surface area contributed by atoms with Crippen molar-refractivity contribution in [1.29, 1.82) is 0 Å². The van der Waals surface area contributed by atoms with Gasteiger partial charge in [-0.3, -0.25) is 4.90 Å². The number of anilines is 1. The van der Waals surface area contributed by atoms with Gasteiger partial charge in [-0.2, -0.15) is 14.7 Å². The maximum Gasteiger partial charge on any atom is 0.165 e. The molecule has 0 bridgehead atoms. The molecule has 3 N–H and O–H groups in total. The number of nitrogens with one attached hydrogen (secondary N) is 3. The lowest BCUT2D eigenvalue weighted by molar-refractivity contribution is 0.0398. The molecule has 1 unspecified atom stereocenters. The van der Waals surface area contributed by atoms with Crippen molar-refractivity contribution in [2.45, 2.75) is 25.7 Å². The summed E-state index contributed by atoms with van der Waals surface area (Å²) >= 11 is 3.87. The Bertz CT molecular complexity index is 960. The van der Waals surface area contributed by atoms with Gasteiger partial charge in [-0.1, -0.05) is 6.08 Å². The average Bonchev–Trinajstić information content (AvgIpc) is 3.25. The molecule has 0 spiro atoms. The van der Waals surface area contributed by atoms with Crippen molar-refractivity contribution in [3.8, 4) is 0 Å². The molecule has 2 aliphatic heterocycles. The summed E-state index contributed by atoms with van der Waals surface area (Å²) in [6.07, 6.45) is 8.01. The number of piperidine rings is 1. The molecule has 32 heavy (non-hydrogen) atoms. The van der Waals surface area contributed by atoms with Crippen molar-refractivity contribution in [3.63, 3.8) is 0 Å². The molecule has 0 saturated carbocycles. The van der Waals surface area contributed by atoms with Crippen LogP contribution in [0.5, 0.6) is 0 Å². The molecule has 10 heteroatoms. The minimum Gasteiger partial charge on any atom is -0.379 e. The topological polar surface area (TPSA) is 91.1 Å². The van der Waals surface area contributed by atoms with E-state index in [2.05, 4.69) is 42.0 Å². The van der Waals surface area contributed by atoms with E-state index in [0.717, 1.165) is 98.1 Å². The van der Waals surface area contributed by atoms with Gasteiger partial charge in [-0.25, -0.2) is 4.98 Å². The van der Waals surface area contributed by atoms with Gasteiger partial charge in [0.1, 0.15) is 5.82 Å². The molecular formula is C22H33BrN8O. The van der Waals surface area contributed by atoms with Crippen LogP contribution < -0.4 is 16.1 Å². The second-order valence-corrected chi connectivity index (χ2v) is 8.90. The van der Waals surface area contributed by atoms with E-state index in [1.807, 2.05) is 29.9 Å². The summed E-state index contributed by atoms with van der Waals surface area (Å²) in [5.41, 5.74) is 6.71. The summed E-state index contributed by atoms with van der Waals surface area (Å²) in [6.45, 7) is 9.39. The number of morpholine rings is 1. The molecule has 2 aliphatic rings. The fourth-order valence-corrected chi connectivity index (χ4v) is 5.01. The Morgan fingerprint density at radius 2 is 2.25 bits per heavy atom. The maximum absolute atomic E-state index is 5.47. The smallest absolute Gasteiger partial charge is 0.165 e. The van der Waals surface area contributed by atoms with Crippen LogP contribution in [-0.4, -0.2) is 85.2 Å². The lowest BCUT2D eigenvalue weighted by Gasteiger charge is -2.27. The Morgan fingerprint density at radius 1 is 1.41 bits per heavy atom. The molecule has 2 fully saturated rings. The summed E-state index contributed by atoms with van der Waals surface area (Å²) in [5.74, 6) is 1.32. The summed E-state index contributed by atoms with van der Waals surface area (Å²) in [5, 5.41) is 16.1. The Balaban J connectivity index is 1.69. The lowest BCUT2D eigenvalue weighted by Crippen LogP contribution is -2.39. The highest BCUT2D eigenvalue weighted by Gasteiger charge is 2.25. The largest absolute Gasteiger partial charge is 0.379 e. The second-order valence-electron chi connectivity index (χ2n) is 8.10. The number of halogens is 1. The minimum atomic E-state index is 0.366. The average molecular weight is 505 g/mol. The highest BCUT2D eigenvalue weighted by molar-refractivity contribution is 9.10. The number of hydrogen-bond acceptors (Lipinski definition) is 8. The lowest BCUT2D eigenvalue weighted by atomic mass is 9.95. The number of fused-ring (bicyclic) bond motifs is 1. The van der Waals surface area contributed by atoms with Gasteiger partial charge in [0.05, 0.1) is 35.8 Å². The van der Waals surface area contributed by atoms with Crippen molar-refractivity contribution >= 4 is 39.2 Å². The fraction of sp³-hybridized carbons (Fsp3) is 0.591. The summed E-state index contributed by atoms with van der Waals surface area (Å²) in [7, 11) is 1.79. The van der Waals surface area contributed by atoms with Gasteiger partial charge in [0.2, 0.25) is 0 Å². The van der Waals surface area contributed by atoms with Gasteiger partial charge in [0.25, 0.3) is 0 Å². The molecule has 0 amide bonds. The van der Waals surface area contributed by atoms with Gasteiger partial charge < -0.3 is 20.8 Å². The van der Waals surface area contributed by atoms with Crippen LogP contribution in [-0.2, 0) is 4.74 Å². The Hall–Kier alpha value is -2.01. The number of hydrogen-bond donors (Lipinski definition) is 3. The molecule has 0 aliphatic carbocycles. The number of allylic oxidation sites excluding steroid dienone is 2. The van der Waals surface area contributed by atoms with Gasteiger partial charge >= 0.3 is 0 Å². The third kappa shape index (κ3) is 5.14. The zero-order valence-corrected chi connectivity index (χ0v) is 20.5. The summed E-state index contributed by atoms with van der Waals surface area (Å²) in [6, 6.07) is 0. The highest BCUT2D eigenvalue weighted by atomic mass is 79.9. The van der Waals surface area contributed by atoms with Gasteiger partial charge in [0, 0.05) is 56.8 Å². The predicted octanol–water partition coefficient (Wildman–Crippen LogP) is 2.31.